The molecule has 3 N–H and O–H groups in total. The number of nitrogens with zero attached hydrogens (tertiary/aromatic N) is 1. The van der Waals surface area contributed by atoms with Crippen LogP contribution in [0.1, 0.15) is 32.8 Å². The number of primary amides is 1. The van der Waals surface area contributed by atoms with Gasteiger partial charge in [-0.3, -0.25) is 14.9 Å². The third-order valence-corrected chi connectivity index (χ3v) is 2.65. The highest BCUT2D eigenvalue weighted by molar-refractivity contribution is 5.73. The van der Waals surface area contributed by atoms with E-state index in [1.165, 1.54) is 6.07 Å². The lowest BCUT2D eigenvalue weighted by molar-refractivity contribution is -0.385. The summed E-state index contributed by atoms with van der Waals surface area (Å²) in [6, 6.07) is 4.77. The molecule has 0 aliphatic rings. The number of carbonyl (C=O) groups is 1. The number of rotatable bonds is 7. The largest absolute Gasteiger partial charge is 0.486 e. The first-order valence-electron chi connectivity index (χ1n) is 6.62. The summed E-state index contributed by atoms with van der Waals surface area (Å²) in [7, 11) is 0. The molecule has 0 aliphatic carbocycles. The number of nitro benzene ring substituents is 1. The SMILES string of the molecule is CC(C)(C)NCc1ccc(OCCC(N)=O)c([N+](=O)[O-])c1. The molecule has 0 saturated heterocycles. The van der Waals surface area contributed by atoms with Crippen molar-refractivity contribution in [1.82, 2.24) is 5.32 Å². The molecule has 1 aromatic rings. The average Bonchev–Trinajstić information content (AvgIpc) is 2.35. The lowest BCUT2D eigenvalue weighted by Crippen LogP contribution is -2.35. The number of amides is 1. The van der Waals surface area contributed by atoms with E-state index in [9.17, 15) is 14.9 Å². The van der Waals surface area contributed by atoms with Gasteiger partial charge in [-0.1, -0.05) is 6.07 Å². The molecule has 7 nitrogen and oxygen atoms in total. The van der Waals surface area contributed by atoms with Crippen molar-refractivity contribution in [2.45, 2.75) is 39.3 Å². The van der Waals surface area contributed by atoms with Crippen LogP contribution in [-0.2, 0) is 11.3 Å². The average molecular weight is 295 g/mol. The van der Waals surface area contributed by atoms with Crippen molar-refractivity contribution in [3.8, 4) is 5.75 Å². The van der Waals surface area contributed by atoms with Crippen molar-refractivity contribution in [2.75, 3.05) is 6.61 Å². The summed E-state index contributed by atoms with van der Waals surface area (Å²) in [6.45, 7) is 6.59. The summed E-state index contributed by atoms with van der Waals surface area (Å²) in [5.74, 6) is -0.371. The molecule has 0 spiro atoms. The van der Waals surface area contributed by atoms with E-state index in [2.05, 4.69) is 5.32 Å². The van der Waals surface area contributed by atoms with Gasteiger partial charge in [0.1, 0.15) is 0 Å². The number of carbonyl (C=O) groups excluding carboxylic acids is 1. The minimum Gasteiger partial charge on any atom is -0.486 e. The summed E-state index contributed by atoms with van der Waals surface area (Å²) < 4.78 is 5.25. The Hall–Kier alpha value is -2.15. The molecule has 116 valence electrons. The van der Waals surface area contributed by atoms with Gasteiger partial charge in [0.15, 0.2) is 5.75 Å². The monoisotopic (exact) mass is 295 g/mol. The first-order valence-corrected chi connectivity index (χ1v) is 6.62. The standard InChI is InChI=1S/C14H21N3O4/c1-14(2,3)16-9-10-4-5-12(11(8-10)17(19)20)21-7-6-13(15)18/h4-5,8,16H,6-7,9H2,1-3H3,(H2,15,18). The summed E-state index contributed by atoms with van der Waals surface area (Å²) in [5, 5.41) is 14.3. The van der Waals surface area contributed by atoms with E-state index in [0.29, 0.717) is 6.54 Å². The molecule has 0 heterocycles. The predicted molar refractivity (Wildman–Crippen MR) is 79.0 cm³/mol. The van der Waals surface area contributed by atoms with Crippen molar-refractivity contribution in [1.29, 1.82) is 0 Å². The molecule has 7 heteroatoms. The maximum Gasteiger partial charge on any atom is 0.311 e. The second-order valence-corrected chi connectivity index (χ2v) is 5.73. The van der Waals surface area contributed by atoms with Gasteiger partial charge in [-0.15, -0.1) is 0 Å². The van der Waals surface area contributed by atoms with E-state index >= 15 is 0 Å². The van der Waals surface area contributed by atoms with E-state index in [0.717, 1.165) is 5.56 Å². The zero-order valence-electron chi connectivity index (χ0n) is 12.5. The molecule has 0 bridgehead atoms. The molecule has 1 aromatic carbocycles. The van der Waals surface area contributed by atoms with Crippen LogP contribution < -0.4 is 15.8 Å². The van der Waals surface area contributed by atoms with E-state index in [1.54, 1.807) is 12.1 Å². The zero-order valence-corrected chi connectivity index (χ0v) is 12.5. The Morgan fingerprint density at radius 1 is 1.43 bits per heavy atom. The molecule has 21 heavy (non-hydrogen) atoms. The number of hydrogen-bond acceptors (Lipinski definition) is 5. The Balaban J connectivity index is 2.81. The third-order valence-electron chi connectivity index (χ3n) is 2.65. The van der Waals surface area contributed by atoms with Gasteiger partial charge in [0.25, 0.3) is 0 Å². The van der Waals surface area contributed by atoms with Crippen LogP contribution in [0.15, 0.2) is 18.2 Å². The maximum absolute atomic E-state index is 11.1. The van der Waals surface area contributed by atoms with Gasteiger partial charge in [0.05, 0.1) is 18.0 Å². The third kappa shape index (κ3) is 6.22. The van der Waals surface area contributed by atoms with Crippen molar-refractivity contribution in [3.63, 3.8) is 0 Å². The molecule has 0 aliphatic heterocycles. The Morgan fingerprint density at radius 3 is 2.62 bits per heavy atom. The first-order chi connectivity index (χ1) is 9.69. The number of benzene rings is 1. The van der Waals surface area contributed by atoms with Gasteiger partial charge in [-0.2, -0.15) is 0 Å². The first kappa shape index (κ1) is 16.9. The molecule has 1 rings (SSSR count). The Bertz CT molecular complexity index is 523. The van der Waals surface area contributed by atoms with Crippen LogP contribution in [0.2, 0.25) is 0 Å². The Kier molecular flexibility index (Phi) is 5.66. The second-order valence-electron chi connectivity index (χ2n) is 5.73. The quantitative estimate of drug-likeness (QED) is 0.588. The highest BCUT2D eigenvalue weighted by Crippen LogP contribution is 2.28. The van der Waals surface area contributed by atoms with Gasteiger partial charge in [-0.25, -0.2) is 0 Å². The molecular formula is C14H21N3O4. The fourth-order valence-corrected chi connectivity index (χ4v) is 1.57. The van der Waals surface area contributed by atoms with Crippen molar-refractivity contribution < 1.29 is 14.5 Å². The van der Waals surface area contributed by atoms with Crippen LogP contribution in [0.4, 0.5) is 5.69 Å². The van der Waals surface area contributed by atoms with E-state index in [-0.39, 0.29) is 30.0 Å². The smallest absolute Gasteiger partial charge is 0.311 e. The molecule has 1 amide bonds. The number of ether oxygens (including phenoxy) is 1. The Labute approximate surface area is 123 Å². The molecule has 0 saturated carbocycles. The summed E-state index contributed by atoms with van der Waals surface area (Å²) in [6.07, 6.45) is 0.0183. The van der Waals surface area contributed by atoms with Gasteiger partial charge < -0.3 is 15.8 Å². The number of hydrogen-bond donors (Lipinski definition) is 2. The number of nitro groups is 1. The lowest BCUT2D eigenvalue weighted by atomic mass is 10.1. The van der Waals surface area contributed by atoms with Crippen LogP contribution in [0.25, 0.3) is 0 Å². The number of nitrogens with one attached hydrogen (secondary N) is 1. The molecule has 0 unspecified atom stereocenters. The lowest BCUT2D eigenvalue weighted by Gasteiger charge is -2.20. The van der Waals surface area contributed by atoms with E-state index in [4.69, 9.17) is 10.5 Å². The maximum atomic E-state index is 11.1. The van der Waals surface area contributed by atoms with Gasteiger partial charge >= 0.3 is 5.69 Å². The van der Waals surface area contributed by atoms with Gasteiger partial charge in [0.2, 0.25) is 5.91 Å². The molecule has 0 radical (unpaired) electrons. The van der Waals surface area contributed by atoms with Crippen LogP contribution in [0, 0.1) is 10.1 Å². The van der Waals surface area contributed by atoms with E-state index < -0.39 is 10.8 Å². The summed E-state index contributed by atoms with van der Waals surface area (Å²) >= 11 is 0. The summed E-state index contributed by atoms with van der Waals surface area (Å²) in [5.41, 5.74) is 5.59. The molecule has 0 aromatic heterocycles. The Morgan fingerprint density at radius 2 is 2.10 bits per heavy atom. The highest BCUT2D eigenvalue weighted by atomic mass is 16.6. The van der Waals surface area contributed by atoms with Crippen LogP contribution in [0.3, 0.4) is 0 Å². The predicted octanol–water partition coefficient (Wildman–Crippen LogP) is 1.74. The molecular weight excluding hydrogens is 274 g/mol. The minimum absolute atomic E-state index is 0.0183. The van der Waals surface area contributed by atoms with Gasteiger partial charge in [0, 0.05) is 18.2 Å². The van der Waals surface area contributed by atoms with Crippen molar-refractivity contribution in [3.05, 3.63) is 33.9 Å². The summed E-state index contributed by atoms with van der Waals surface area (Å²) in [4.78, 5) is 21.2. The minimum atomic E-state index is -0.511. The zero-order chi connectivity index (χ0) is 16.0. The van der Waals surface area contributed by atoms with Crippen LogP contribution >= 0.6 is 0 Å². The van der Waals surface area contributed by atoms with Crippen molar-refractivity contribution in [2.24, 2.45) is 5.73 Å². The van der Waals surface area contributed by atoms with Gasteiger partial charge in [-0.05, 0) is 32.4 Å². The fourth-order valence-electron chi connectivity index (χ4n) is 1.57. The topological polar surface area (TPSA) is 107 Å². The number of nitrogens with two attached hydrogens (primary N) is 1. The highest BCUT2D eigenvalue weighted by Gasteiger charge is 2.17. The molecule has 0 atom stereocenters. The van der Waals surface area contributed by atoms with Crippen LogP contribution in [-0.4, -0.2) is 23.0 Å². The fraction of sp³-hybridized carbons (Fsp3) is 0.500. The second kappa shape index (κ2) is 7.03. The van der Waals surface area contributed by atoms with Crippen LogP contribution in [0.5, 0.6) is 5.75 Å². The van der Waals surface area contributed by atoms with E-state index in [1.807, 2.05) is 20.8 Å². The molecule has 0 fully saturated rings. The normalized spacial score (nSPS) is 11.2. The van der Waals surface area contributed by atoms with Crippen molar-refractivity contribution >= 4 is 11.6 Å².